The number of imidazole rings is 1. The molecule has 3 aromatic heterocycles. The number of pyridine rings is 2. The molecule has 5 rings (SSSR count). The summed E-state index contributed by atoms with van der Waals surface area (Å²) in [5.74, 6) is -0.193. The first kappa shape index (κ1) is 23.5. The Morgan fingerprint density at radius 1 is 1.03 bits per heavy atom. The fourth-order valence-electron chi connectivity index (χ4n) is 4.25. The number of aryl methyl sites for hydroxylation is 1. The van der Waals surface area contributed by atoms with Gasteiger partial charge in [-0.15, -0.1) is 0 Å². The highest BCUT2D eigenvalue weighted by Gasteiger charge is 2.17. The fourth-order valence-corrected chi connectivity index (χ4v) is 4.79. The molecule has 0 bridgehead atoms. The van der Waals surface area contributed by atoms with Crippen molar-refractivity contribution in [3.05, 3.63) is 82.8 Å². The van der Waals surface area contributed by atoms with Gasteiger partial charge in [-0.05, 0) is 41.5 Å². The Kier molecular flexibility index (Phi) is 5.71. The molecule has 5 aromatic rings. The number of fused-ring (bicyclic) bond motifs is 3. The van der Waals surface area contributed by atoms with Crippen molar-refractivity contribution >= 4 is 37.6 Å². The molecule has 0 fully saturated rings. The van der Waals surface area contributed by atoms with Crippen LogP contribution >= 0.6 is 0 Å². The molecule has 1 N–H and O–H groups in total. The van der Waals surface area contributed by atoms with Crippen LogP contribution in [0.15, 0.2) is 65.7 Å². The highest BCUT2D eigenvalue weighted by atomic mass is 32.2. The first-order valence-corrected chi connectivity index (χ1v) is 12.8. The van der Waals surface area contributed by atoms with Gasteiger partial charge in [0, 0.05) is 24.2 Å². The summed E-state index contributed by atoms with van der Waals surface area (Å²) in [7, 11) is -0.447. The maximum Gasteiger partial charge on any atom is 0.329 e. The monoisotopic (exact) mass is 507 g/mol. The molecular weight excluding hydrogens is 485 g/mol. The van der Waals surface area contributed by atoms with Crippen molar-refractivity contribution in [2.45, 2.75) is 6.54 Å². The summed E-state index contributed by atoms with van der Waals surface area (Å²) >= 11 is 0. The highest BCUT2D eigenvalue weighted by molar-refractivity contribution is 7.92. The molecule has 9 nitrogen and oxygen atoms in total. The van der Waals surface area contributed by atoms with Crippen LogP contribution in [0.2, 0.25) is 0 Å². The van der Waals surface area contributed by atoms with Gasteiger partial charge >= 0.3 is 5.69 Å². The highest BCUT2D eigenvalue weighted by Crippen LogP contribution is 2.32. The van der Waals surface area contributed by atoms with Gasteiger partial charge in [0.1, 0.15) is 11.5 Å². The zero-order chi connectivity index (χ0) is 25.6. The van der Waals surface area contributed by atoms with Gasteiger partial charge in [0.05, 0.1) is 42.7 Å². The van der Waals surface area contributed by atoms with Crippen molar-refractivity contribution < 1.29 is 17.5 Å². The van der Waals surface area contributed by atoms with E-state index in [1.165, 1.54) is 19.2 Å². The lowest BCUT2D eigenvalue weighted by Crippen LogP contribution is -2.22. The molecule has 0 amide bonds. The maximum absolute atomic E-state index is 13.3. The van der Waals surface area contributed by atoms with Crippen LogP contribution < -0.4 is 15.1 Å². The lowest BCUT2D eigenvalue weighted by atomic mass is 10.0. The van der Waals surface area contributed by atoms with Crippen LogP contribution in [0.5, 0.6) is 5.88 Å². The van der Waals surface area contributed by atoms with Crippen LogP contribution in [0.3, 0.4) is 0 Å². The van der Waals surface area contributed by atoms with Gasteiger partial charge < -0.3 is 4.74 Å². The number of nitrogens with zero attached hydrogens (tertiary/aromatic N) is 4. The van der Waals surface area contributed by atoms with Gasteiger partial charge in [-0.2, -0.15) is 0 Å². The number of benzene rings is 2. The third kappa shape index (κ3) is 4.29. The van der Waals surface area contributed by atoms with Crippen molar-refractivity contribution in [3.63, 3.8) is 0 Å². The van der Waals surface area contributed by atoms with E-state index < -0.39 is 10.0 Å². The maximum atomic E-state index is 13.3. The van der Waals surface area contributed by atoms with Crippen LogP contribution in [-0.4, -0.2) is 40.9 Å². The van der Waals surface area contributed by atoms with Gasteiger partial charge in [-0.3, -0.25) is 18.8 Å². The normalized spacial score (nSPS) is 11.8. The largest absolute Gasteiger partial charge is 0.480 e. The van der Waals surface area contributed by atoms with Gasteiger partial charge in [-0.25, -0.2) is 22.6 Å². The standard InChI is InChI=1S/C25H22FN5O4S/c1-30-23-19-10-16(17-11-21(29-36(3,33)34)24(35-2)28-12-17)6-9-20(19)27-13-22(23)31(25(30)32)14-15-4-7-18(26)8-5-15/h4-13,29H,14H2,1-3H3. The zero-order valence-corrected chi connectivity index (χ0v) is 20.5. The molecule has 3 heterocycles. The number of aromatic nitrogens is 4. The molecule has 0 aliphatic rings. The number of methoxy groups -OCH3 is 1. The Labute approximate surface area is 205 Å². The van der Waals surface area contributed by atoms with E-state index in [9.17, 15) is 17.6 Å². The number of halogens is 1. The smallest absolute Gasteiger partial charge is 0.329 e. The van der Waals surface area contributed by atoms with Crippen molar-refractivity contribution in [2.75, 3.05) is 18.1 Å². The molecule has 0 aliphatic heterocycles. The number of hydrogen-bond donors (Lipinski definition) is 1. The predicted molar refractivity (Wildman–Crippen MR) is 136 cm³/mol. The van der Waals surface area contributed by atoms with E-state index in [2.05, 4.69) is 14.7 Å². The molecule has 0 saturated carbocycles. The summed E-state index contributed by atoms with van der Waals surface area (Å²) in [6, 6.07) is 13.2. The minimum Gasteiger partial charge on any atom is -0.480 e. The second kappa shape index (κ2) is 8.76. The summed E-state index contributed by atoms with van der Waals surface area (Å²) in [5, 5.41) is 0.746. The van der Waals surface area contributed by atoms with Crippen LogP contribution in [0.25, 0.3) is 33.1 Å². The molecule has 0 unspecified atom stereocenters. The minimum absolute atomic E-state index is 0.147. The average Bonchev–Trinajstić information content (AvgIpc) is 3.09. The van der Waals surface area contributed by atoms with Crippen molar-refractivity contribution in [1.82, 2.24) is 19.1 Å². The number of anilines is 1. The number of nitrogens with one attached hydrogen (secondary N) is 1. The Morgan fingerprint density at radius 2 is 1.78 bits per heavy atom. The first-order valence-electron chi connectivity index (χ1n) is 10.9. The van der Waals surface area contributed by atoms with Gasteiger partial charge in [-0.1, -0.05) is 18.2 Å². The number of ether oxygens (including phenoxy) is 1. The third-order valence-electron chi connectivity index (χ3n) is 5.89. The van der Waals surface area contributed by atoms with Gasteiger partial charge in [0.15, 0.2) is 0 Å². The minimum atomic E-state index is -3.55. The van der Waals surface area contributed by atoms with Crippen LogP contribution in [-0.2, 0) is 23.6 Å². The van der Waals surface area contributed by atoms with E-state index in [-0.39, 0.29) is 29.6 Å². The average molecular weight is 508 g/mol. The predicted octanol–water partition coefficient (Wildman–Crippen LogP) is 3.52. The molecule has 36 heavy (non-hydrogen) atoms. The molecule has 0 saturated heterocycles. The van der Waals surface area contributed by atoms with E-state index in [0.717, 1.165) is 22.8 Å². The summed E-state index contributed by atoms with van der Waals surface area (Å²) < 4.78 is 47.7. The summed E-state index contributed by atoms with van der Waals surface area (Å²) in [6.07, 6.45) is 4.29. The zero-order valence-electron chi connectivity index (χ0n) is 19.7. The molecule has 0 spiro atoms. The molecular formula is C25H22FN5O4S. The molecule has 11 heteroatoms. The van der Waals surface area contributed by atoms with Crippen LogP contribution in [0, 0.1) is 5.82 Å². The van der Waals surface area contributed by atoms with E-state index >= 15 is 0 Å². The Hall–Kier alpha value is -4.25. The fraction of sp³-hybridized carbons (Fsp3) is 0.160. The SMILES string of the molecule is COc1ncc(-c2ccc3ncc4c(c3c2)n(C)c(=O)n4Cc2ccc(F)cc2)cc1NS(C)(=O)=O. The van der Waals surface area contributed by atoms with E-state index in [1.807, 2.05) is 18.2 Å². The topological polar surface area (TPSA) is 108 Å². The third-order valence-corrected chi connectivity index (χ3v) is 6.48. The lowest BCUT2D eigenvalue weighted by molar-refractivity contribution is 0.400. The summed E-state index contributed by atoms with van der Waals surface area (Å²) in [6.45, 7) is 0.270. The Morgan fingerprint density at radius 3 is 2.47 bits per heavy atom. The molecule has 0 radical (unpaired) electrons. The van der Waals surface area contributed by atoms with E-state index in [1.54, 1.807) is 46.8 Å². The first-order chi connectivity index (χ1) is 17.1. The van der Waals surface area contributed by atoms with Crippen molar-refractivity contribution in [1.29, 1.82) is 0 Å². The Bertz CT molecular complexity index is 1790. The molecule has 0 aliphatic carbocycles. The second-order valence-electron chi connectivity index (χ2n) is 8.43. The van der Waals surface area contributed by atoms with E-state index in [4.69, 9.17) is 4.74 Å². The van der Waals surface area contributed by atoms with Gasteiger partial charge in [0.25, 0.3) is 0 Å². The van der Waals surface area contributed by atoms with Crippen molar-refractivity contribution in [2.24, 2.45) is 7.05 Å². The van der Waals surface area contributed by atoms with Crippen LogP contribution in [0.1, 0.15) is 5.56 Å². The Balaban J connectivity index is 1.66. The quantitative estimate of drug-likeness (QED) is 0.377. The molecule has 184 valence electrons. The lowest BCUT2D eigenvalue weighted by Gasteiger charge is -2.11. The molecule has 0 atom stereocenters. The second-order valence-corrected chi connectivity index (χ2v) is 10.2. The van der Waals surface area contributed by atoms with E-state index in [0.29, 0.717) is 22.1 Å². The molecule has 2 aromatic carbocycles. The number of hydrogen-bond acceptors (Lipinski definition) is 6. The summed E-state index contributed by atoms with van der Waals surface area (Å²) in [5.41, 5.74) is 4.21. The van der Waals surface area contributed by atoms with Crippen LogP contribution in [0.4, 0.5) is 10.1 Å². The summed E-state index contributed by atoms with van der Waals surface area (Å²) in [4.78, 5) is 21.9. The number of rotatable bonds is 6. The van der Waals surface area contributed by atoms with Gasteiger partial charge in [0.2, 0.25) is 15.9 Å². The number of sulfonamides is 1. The van der Waals surface area contributed by atoms with Crippen molar-refractivity contribution in [3.8, 4) is 17.0 Å².